The van der Waals surface area contributed by atoms with E-state index in [1.54, 1.807) is 11.0 Å². The third-order valence-corrected chi connectivity index (χ3v) is 2.89. The Labute approximate surface area is 95.9 Å². The number of rotatable bonds is 1. The number of benzene rings is 1. The van der Waals surface area contributed by atoms with Crippen LogP contribution in [0.2, 0.25) is 0 Å². The zero-order valence-corrected chi connectivity index (χ0v) is 9.08. The lowest BCUT2D eigenvalue weighted by Gasteiger charge is -2.26. The average Bonchev–Trinajstić information content (AvgIpc) is 2.33. The lowest BCUT2D eigenvalue weighted by atomic mass is 9.94. The van der Waals surface area contributed by atoms with E-state index in [1.807, 2.05) is 0 Å². The molecular weight excluding hydrogens is 204 g/mol. The number of nitrogens with zero attached hydrogens (tertiary/aromatic N) is 1. The van der Waals surface area contributed by atoms with Crippen LogP contribution in [-0.2, 0) is 0 Å². The quantitative estimate of drug-likeness (QED) is 0.648. The van der Waals surface area contributed by atoms with Gasteiger partial charge in [0.15, 0.2) is 0 Å². The summed E-state index contributed by atoms with van der Waals surface area (Å²) in [5.41, 5.74) is 0.462. The van der Waals surface area contributed by atoms with Crippen molar-refractivity contribution >= 4 is 19.2 Å². The first-order chi connectivity index (χ1) is 7.68. The number of hydrogen-bond acceptors (Lipinski definition) is 1. The predicted molar refractivity (Wildman–Crippen MR) is 61.5 cm³/mol. The van der Waals surface area contributed by atoms with Crippen LogP contribution in [0.3, 0.4) is 0 Å². The van der Waals surface area contributed by atoms with Crippen molar-refractivity contribution in [2.45, 2.75) is 19.3 Å². The van der Waals surface area contributed by atoms with E-state index in [0.29, 0.717) is 5.56 Å². The van der Waals surface area contributed by atoms with Gasteiger partial charge in [0.05, 0.1) is 0 Å². The van der Waals surface area contributed by atoms with Gasteiger partial charge < -0.3 is 4.90 Å². The van der Waals surface area contributed by atoms with E-state index in [1.165, 1.54) is 18.6 Å². The molecule has 0 saturated carbocycles. The van der Waals surface area contributed by atoms with E-state index in [4.69, 9.17) is 7.85 Å². The average molecular weight is 217 g/mol. The molecule has 1 aromatic rings. The Bertz CT molecular complexity index is 402. The van der Waals surface area contributed by atoms with Crippen LogP contribution in [0.5, 0.6) is 0 Å². The topological polar surface area (TPSA) is 20.3 Å². The number of likely N-dealkylation sites (tertiary alicyclic amines) is 1. The fourth-order valence-corrected chi connectivity index (χ4v) is 1.94. The van der Waals surface area contributed by atoms with Crippen LogP contribution in [0, 0.1) is 5.82 Å². The van der Waals surface area contributed by atoms with Crippen LogP contribution >= 0.6 is 0 Å². The number of piperidine rings is 1. The summed E-state index contributed by atoms with van der Waals surface area (Å²) in [6.45, 7) is 1.54. The molecule has 1 amide bonds. The molecule has 0 N–H and O–H groups in total. The summed E-state index contributed by atoms with van der Waals surface area (Å²) >= 11 is 0. The fraction of sp³-hybridized carbons (Fsp3) is 0.417. The Morgan fingerprint density at radius 2 is 1.94 bits per heavy atom. The van der Waals surface area contributed by atoms with Crippen molar-refractivity contribution in [3.8, 4) is 0 Å². The summed E-state index contributed by atoms with van der Waals surface area (Å²) in [4.78, 5) is 13.8. The van der Waals surface area contributed by atoms with Crippen molar-refractivity contribution in [3.05, 3.63) is 29.6 Å². The standard InChI is InChI=1S/C12H13BFNO/c13-10-5-4-9(8-11(10)14)12(16)15-6-2-1-3-7-15/h4-5,8H,1-3,6-7H2. The normalized spacial score (nSPS) is 16.2. The lowest BCUT2D eigenvalue weighted by molar-refractivity contribution is 0.0724. The van der Waals surface area contributed by atoms with Crippen molar-refractivity contribution in [1.29, 1.82) is 0 Å². The fourth-order valence-electron chi connectivity index (χ4n) is 1.94. The molecule has 4 heteroatoms. The van der Waals surface area contributed by atoms with Gasteiger partial charge in [-0.15, -0.1) is 0 Å². The molecule has 1 aliphatic rings. The smallest absolute Gasteiger partial charge is 0.253 e. The maximum Gasteiger partial charge on any atom is 0.253 e. The number of halogens is 1. The minimum absolute atomic E-state index is 0.0789. The van der Waals surface area contributed by atoms with Gasteiger partial charge in [0, 0.05) is 18.7 Å². The molecule has 0 aromatic heterocycles. The molecule has 0 bridgehead atoms. The van der Waals surface area contributed by atoms with E-state index in [2.05, 4.69) is 0 Å². The monoisotopic (exact) mass is 217 g/mol. The van der Waals surface area contributed by atoms with Crippen molar-refractivity contribution < 1.29 is 9.18 Å². The van der Waals surface area contributed by atoms with Crippen LogP contribution in [0.15, 0.2) is 18.2 Å². The van der Waals surface area contributed by atoms with Gasteiger partial charge in [-0.2, -0.15) is 0 Å². The van der Waals surface area contributed by atoms with E-state index < -0.39 is 5.82 Å². The molecule has 2 nitrogen and oxygen atoms in total. The second-order valence-corrected chi connectivity index (χ2v) is 4.09. The summed E-state index contributed by atoms with van der Waals surface area (Å²) in [5, 5.41) is 0. The van der Waals surface area contributed by atoms with Gasteiger partial charge in [-0.1, -0.05) is 11.5 Å². The lowest BCUT2D eigenvalue weighted by Crippen LogP contribution is -2.35. The molecule has 0 unspecified atom stereocenters. The first-order valence-corrected chi connectivity index (χ1v) is 5.53. The second-order valence-electron chi connectivity index (χ2n) is 4.09. The van der Waals surface area contributed by atoms with Gasteiger partial charge in [-0.3, -0.25) is 4.79 Å². The van der Waals surface area contributed by atoms with Crippen molar-refractivity contribution in [2.24, 2.45) is 0 Å². The van der Waals surface area contributed by atoms with Crippen LogP contribution in [-0.4, -0.2) is 31.7 Å². The van der Waals surface area contributed by atoms with Crippen molar-refractivity contribution in [1.82, 2.24) is 4.90 Å². The SMILES string of the molecule is [B]c1ccc(C(=O)N2CCCCC2)cc1F. The summed E-state index contributed by atoms with van der Waals surface area (Å²) < 4.78 is 13.2. The predicted octanol–water partition coefficient (Wildman–Crippen LogP) is 1.25. The summed E-state index contributed by atoms with van der Waals surface area (Å²) in [6.07, 6.45) is 3.23. The highest BCUT2D eigenvalue weighted by Crippen LogP contribution is 2.13. The third-order valence-electron chi connectivity index (χ3n) is 2.89. The molecule has 2 radical (unpaired) electrons. The third kappa shape index (κ3) is 2.26. The molecule has 1 aliphatic heterocycles. The second kappa shape index (κ2) is 4.68. The highest BCUT2D eigenvalue weighted by atomic mass is 19.1. The number of carbonyl (C=O) groups excluding carboxylic acids is 1. The molecule has 0 spiro atoms. The van der Waals surface area contributed by atoms with Gasteiger partial charge in [0.2, 0.25) is 0 Å². The Hall–Kier alpha value is -1.32. The summed E-state index contributed by atoms with van der Waals surface area (Å²) in [6, 6.07) is 4.23. The van der Waals surface area contributed by atoms with Crippen molar-refractivity contribution in [2.75, 3.05) is 13.1 Å². The van der Waals surface area contributed by atoms with E-state index in [-0.39, 0.29) is 11.4 Å². The highest BCUT2D eigenvalue weighted by Gasteiger charge is 2.18. The molecule has 2 rings (SSSR count). The molecule has 1 saturated heterocycles. The van der Waals surface area contributed by atoms with E-state index >= 15 is 0 Å². The minimum atomic E-state index is -0.525. The molecular formula is C12H13BFNO. The van der Waals surface area contributed by atoms with Crippen LogP contribution in [0.25, 0.3) is 0 Å². The molecule has 0 atom stereocenters. The first-order valence-electron chi connectivity index (χ1n) is 5.53. The molecule has 1 heterocycles. The Kier molecular flexibility index (Phi) is 3.27. The largest absolute Gasteiger partial charge is 0.339 e. The Morgan fingerprint density at radius 1 is 1.25 bits per heavy atom. The van der Waals surface area contributed by atoms with Gasteiger partial charge in [-0.05, 0) is 31.4 Å². The van der Waals surface area contributed by atoms with Gasteiger partial charge >= 0.3 is 0 Å². The minimum Gasteiger partial charge on any atom is -0.339 e. The summed E-state index contributed by atoms with van der Waals surface area (Å²) in [5.74, 6) is -0.624. The molecule has 0 aliphatic carbocycles. The zero-order chi connectivity index (χ0) is 11.5. The van der Waals surface area contributed by atoms with Crippen LogP contribution < -0.4 is 5.46 Å². The molecule has 1 fully saturated rings. The van der Waals surface area contributed by atoms with Gasteiger partial charge in [0.1, 0.15) is 13.7 Å². The maximum atomic E-state index is 13.2. The van der Waals surface area contributed by atoms with Gasteiger partial charge in [-0.25, -0.2) is 4.39 Å². The zero-order valence-electron chi connectivity index (χ0n) is 9.08. The van der Waals surface area contributed by atoms with Gasteiger partial charge in [0.25, 0.3) is 5.91 Å². The maximum absolute atomic E-state index is 13.2. The molecule has 1 aromatic carbocycles. The Morgan fingerprint density at radius 3 is 2.56 bits per heavy atom. The summed E-state index contributed by atoms with van der Waals surface area (Å²) in [7, 11) is 5.37. The highest BCUT2D eigenvalue weighted by molar-refractivity contribution is 6.32. The first kappa shape index (κ1) is 11.2. The van der Waals surface area contributed by atoms with E-state index in [9.17, 15) is 9.18 Å². The molecule has 16 heavy (non-hydrogen) atoms. The van der Waals surface area contributed by atoms with Crippen molar-refractivity contribution in [3.63, 3.8) is 0 Å². The number of hydrogen-bond donors (Lipinski definition) is 0. The van der Waals surface area contributed by atoms with Crippen LogP contribution in [0.4, 0.5) is 4.39 Å². The number of amides is 1. The number of carbonyl (C=O) groups is 1. The van der Waals surface area contributed by atoms with Crippen LogP contribution in [0.1, 0.15) is 29.6 Å². The molecule has 82 valence electrons. The Balaban J connectivity index is 2.16. The van der Waals surface area contributed by atoms with E-state index in [0.717, 1.165) is 25.9 Å².